The SMILES string of the molecule is CCC(CCNCCS)C1CCCCC1.O=S(=O)(O)O. The quantitative estimate of drug-likeness (QED) is 0.328. The van der Waals surface area contributed by atoms with Gasteiger partial charge in [-0.1, -0.05) is 45.4 Å². The Labute approximate surface area is 128 Å². The van der Waals surface area contributed by atoms with Crippen molar-refractivity contribution in [3.05, 3.63) is 0 Å². The molecule has 0 spiro atoms. The molecule has 1 aliphatic rings. The Bertz CT molecular complexity index is 308. The summed E-state index contributed by atoms with van der Waals surface area (Å²) in [6.07, 6.45) is 10.2. The fraction of sp³-hybridized carbons (Fsp3) is 1.00. The molecular weight excluding hydrogens is 298 g/mol. The molecule has 0 aromatic heterocycles. The fourth-order valence-electron chi connectivity index (χ4n) is 2.87. The van der Waals surface area contributed by atoms with Crippen LogP contribution >= 0.6 is 12.6 Å². The van der Waals surface area contributed by atoms with Gasteiger partial charge in [0.05, 0.1) is 0 Å². The van der Waals surface area contributed by atoms with Crippen LogP contribution in [0.25, 0.3) is 0 Å². The van der Waals surface area contributed by atoms with Crippen molar-refractivity contribution >= 4 is 23.0 Å². The summed E-state index contributed by atoms with van der Waals surface area (Å²) in [4.78, 5) is 0. The molecule has 122 valence electrons. The van der Waals surface area contributed by atoms with E-state index >= 15 is 0 Å². The van der Waals surface area contributed by atoms with Crippen LogP contribution in [0.15, 0.2) is 0 Å². The van der Waals surface area contributed by atoms with Crippen molar-refractivity contribution in [3.8, 4) is 0 Å². The molecule has 0 radical (unpaired) electrons. The normalized spacial score (nSPS) is 18.2. The molecule has 7 heteroatoms. The van der Waals surface area contributed by atoms with Crippen LogP contribution in [0.4, 0.5) is 0 Å². The number of nitrogens with one attached hydrogen (secondary N) is 1. The lowest BCUT2D eigenvalue weighted by Gasteiger charge is -2.29. The van der Waals surface area contributed by atoms with E-state index in [1.165, 1.54) is 51.5 Å². The Balaban J connectivity index is 0.000000621. The second-order valence-corrected chi connectivity index (χ2v) is 6.62. The molecule has 0 amide bonds. The molecule has 0 saturated heterocycles. The van der Waals surface area contributed by atoms with Crippen LogP contribution in [0.3, 0.4) is 0 Å². The van der Waals surface area contributed by atoms with Crippen molar-refractivity contribution < 1.29 is 17.5 Å². The summed E-state index contributed by atoms with van der Waals surface area (Å²) in [5.74, 6) is 2.96. The lowest BCUT2D eigenvalue weighted by atomic mass is 9.77. The van der Waals surface area contributed by atoms with Crippen LogP contribution in [0.2, 0.25) is 0 Å². The maximum atomic E-state index is 8.74. The Kier molecular flexibility index (Phi) is 11.9. The van der Waals surface area contributed by atoms with Crippen molar-refractivity contribution in [2.75, 3.05) is 18.8 Å². The van der Waals surface area contributed by atoms with Crippen LogP contribution in [0, 0.1) is 11.8 Å². The summed E-state index contributed by atoms with van der Waals surface area (Å²) in [5, 5.41) is 3.46. The minimum Gasteiger partial charge on any atom is -0.316 e. The predicted octanol–water partition coefficient (Wildman–Crippen LogP) is 2.85. The van der Waals surface area contributed by atoms with Crippen molar-refractivity contribution in [1.29, 1.82) is 0 Å². The Morgan fingerprint density at radius 1 is 1.20 bits per heavy atom. The lowest BCUT2D eigenvalue weighted by molar-refractivity contribution is 0.229. The monoisotopic (exact) mass is 327 g/mol. The van der Waals surface area contributed by atoms with Gasteiger partial charge in [0.15, 0.2) is 0 Å². The van der Waals surface area contributed by atoms with E-state index in [0.717, 1.165) is 24.1 Å². The van der Waals surface area contributed by atoms with Gasteiger partial charge in [-0.25, -0.2) is 0 Å². The summed E-state index contributed by atoms with van der Waals surface area (Å²) in [6, 6.07) is 0. The highest BCUT2D eigenvalue weighted by Gasteiger charge is 2.21. The number of thiol groups is 1. The summed E-state index contributed by atoms with van der Waals surface area (Å²) >= 11 is 4.21. The number of rotatable bonds is 7. The highest BCUT2D eigenvalue weighted by atomic mass is 32.3. The first-order valence-corrected chi connectivity index (χ1v) is 9.42. The van der Waals surface area contributed by atoms with E-state index < -0.39 is 10.4 Å². The molecule has 20 heavy (non-hydrogen) atoms. The average molecular weight is 328 g/mol. The maximum absolute atomic E-state index is 8.74. The smallest absolute Gasteiger partial charge is 0.316 e. The minimum absolute atomic E-state index is 0.959. The Morgan fingerprint density at radius 3 is 2.20 bits per heavy atom. The number of hydrogen-bond donors (Lipinski definition) is 4. The van der Waals surface area contributed by atoms with Gasteiger partial charge in [0, 0.05) is 12.3 Å². The van der Waals surface area contributed by atoms with E-state index in [0.29, 0.717) is 0 Å². The van der Waals surface area contributed by atoms with Crippen molar-refractivity contribution in [1.82, 2.24) is 5.32 Å². The van der Waals surface area contributed by atoms with E-state index in [9.17, 15) is 0 Å². The fourth-order valence-corrected chi connectivity index (χ4v) is 3.03. The summed E-state index contributed by atoms with van der Waals surface area (Å²) in [7, 11) is -4.67. The molecule has 1 aliphatic carbocycles. The van der Waals surface area contributed by atoms with Gasteiger partial charge >= 0.3 is 10.4 Å². The van der Waals surface area contributed by atoms with Gasteiger partial charge < -0.3 is 5.32 Å². The average Bonchev–Trinajstić information content (AvgIpc) is 2.38. The van der Waals surface area contributed by atoms with E-state index in [1.54, 1.807) is 0 Å². The molecule has 1 saturated carbocycles. The van der Waals surface area contributed by atoms with E-state index in [1.807, 2.05) is 0 Å². The molecular formula is C13H29NO4S2. The van der Waals surface area contributed by atoms with E-state index in [-0.39, 0.29) is 0 Å². The maximum Gasteiger partial charge on any atom is 0.394 e. The van der Waals surface area contributed by atoms with Gasteiger partial charge in [0.2, 0.25) is 0 Å². The minimum atomic E-state index is -4.67. The van der Waals surface area contributed by atoms with Gasteiger partial charge in [-0.2, -0.15) is 21.0 Å². The highest BCUT2D eigenvalue weighted by Crippen LogP contribution is 2.33. The molecule has 1 rings (SSSR count). The summed E-state index contributed by atoms with van der Waals surface area (Å²) in [6.45, 7) is 4.61. The summed E-state index contributed by atoms with van der Waals surface area (Å²) < 4.78 is 31.6. The van der Waals surface area contributed by atoms with Crippen LogP contribution in [0.5, 0.6) is 0 Å². The third-order valence-electron chi connectivity index (χ3n) is 3.82. The first kappa shape index (κ1) is 20.2. The summed E-state index contributed by atoms with van der Waals surface area (Å²) in [5.41, 5.74) is 0. The largest absolute Gasteiger partial charge is 0.394 e. The molecule has 3 N–H and O–H groups in total. The van der Waals surface area contributed by atoms with Crippen LogP contribution in [-0.2, 0) is 10.4 Å². The van der Waals surface area contributed by atoms with Crippen molar-refractivity contribution in [3.63, 3.8) is 0 Å². The third-order valence-corrected chi connectivity index (χ3v) is 4.04. The first-order valence-electron chi connectivity index (χ1n) is 7.40. The second-order valence-electron chi connectivity index (χ2n) is 5.28. The molecule has 0 aliphatic heterocycles. The van der Waals surface area contributed by atoms with Gasteiger partial charge in [-0.3, -0.25) is 9.11 Å². The Hall–Kier alpha value is 0.180. The Morgan fingerprint density at radius 2 is 1.75 bits per heavy atom. The number of hydrogen-bond acceptors (Lipinski definition) is 4. The van der Waals surface area contributed by atoms with Crippen LogP contribution in [0.1, 0.15) is 51.9 Å². The standard InChI is InChI=1S/C13H27NS.H2O4S/c1-2-12(8-9-14-10-11-15)13-6-4-3-5-7-13;1-5(2,3)4/h12-15H,2-11H2,1H3;(H2,1,2,3,4). The zero-order chi connectivity index (χ0) is 15.4. The molecule has 0 aromatic carbocycles. The third kappa shape index (κ3) is 13.2. The van der Waals surface area contributed by atoms with Gasteiger partial charge in [-0.05, 0) is 24.8 Å². The van der Waals surface area contributed by atoms with Crippen LogP contribution in [-0.4, -0.2) is 36.4 Å². The molecule has 1 unspecified atom stereocenters. The highest BCUT2D eigenvalue weighted by molar-refractivity contribution is 7.80. The molecule has 5 nitrogen and oxygen atoms in total. The first-order chi connectivity index (χ1) is 9.38. The molecule has 1 atom stereocenters. The van der Waals surface area contributed by atoms with Crippen LogP contribution < -0.4 is 5.32 Å². The molecule has 1 fully saturated rings. The molecule has 0 aromatic rings. The lowest BCUT2D eigenvalue weighted by Crippen LogP contribution is -2.24. The molecule has 0 bridgehead atoms. The topological polar surface area (TPSA) is 86.6 Å². The second kappa shape index (κ2) is 11.8. The zero-order valence-corrected chi connectivity index (χ0v) is 14.0. The van der Waals surface area contributed by atoms with Crippen molar-refractivity contribution in [2.45, 2.75) is 51.9 Å². The molecule has 0 heterocycles. The van der Waals surface area contributed by atoms with Gasteiger partial charge in [-0.15, -0.1) is 0 Å². The van der Waals surface area contributed by atoms with Crippen molar-refractivity contribution in [2.24, 2.45) is 11.8 Å². The van der Waals surface area contributed by atoms with Gasteiger partial charge in [0.1, 0.15) is 0 Å². The van der Waals surface area contributed by atoms with E-state index in [4.69, 9.17) is 17.5 Å². The van der Waals surface area contributed by atoms with E-state index in [2.05, 4.69) is 24.9 Å². The zero-order valence-electron chi connectivity index (χ0n) is 12.3. The predicted molar refractivity (Wildman–Crippen MR) is 85.9 cm³/mol. The van der Waals surface area contributed by atoms with Gasteiger partial charge in [0.25, 0.3) is 0 Å².